The standard InChI is InChI=1S/C15H16N4O2/c1-2-21-15(20)12-9-17-19-8-7-18(14(12)19)10-11-5-3-4-6-13(11)16/h3-9H,2,10,16H2,1H3. The van der Waals surface area contributed by atoms with Crippen LogP contribution in [0.15, 0.2) is 42.9 Å². The number of carbonyl (C=O) groups excluding carboxylic acids is 1. The van der Waals surface area contributed by atoms with E-state index in [-0.39, 0.29) is 5.97 Å². The second-order valence-electron chi connectivity index (χ2n) is 4.67. The first-order valence-electron chi connectivity index (χ1n) is 6.73. The zero-order chi connectivity index (χ0) is 14.8. The molecule has 0 fully saturated rings. The summed E-state index contributed by atoms with van der Waals surface area (Å²) in [5.74, 6) is -0.367. The molecule has 3 aromatic rings. The number of hydrogen-bond donors (Lipinski definition) is 1. The monoisotopic (exact) mass is 284 g/mol. The van der Waals surface area contributed by atoms with E-state index >= 15 is 0 Å². The first-order chi connectivity index (χ1) is 10.2. The van der Waals surface area contributed by atoms with Gasteiger partial charge in [-0.25, -0.2) is 9.31 Å². The van der Waals surface area contributed by atoms with Crippen LogP contribution in [0.5, 0.6) is 0 Å². The third-order valence-corrected chi connectivity index (χ3v) is 3.32. The van der Waals surface area contributed by atoms with E-state index in [0.717, 1.165) is 11.3 Å². The van der Waals surface area contributed by atoms with Gasteiger partial charge in [-0.2, -0.15) is 5.10 Å². The highest BCUT2D eigenvalue weighted by atomic mass is 16.5. The molecular weight excluding hydrogens is 268 g/mol. The third-order valence-electron chi connectivity index (χ3n) is 3.32. The van der Waals surface area contributed by atoms with E-state index in [2.05, 4.69) is 5.10 Å². The van der Waals surface area contributed by atoms with Crippen molar-refractivity contribution in [2.75, 3.05) is 12.3 Å². The van der Waals surface area contributed by atoms with Crippen molar-refractivity contribution in [1.29, 1.82) is 0 Å². The van der Waals surface area contributed by atoms with E-state index in [9.17, 15) is 4.79 Å². The van der Waals surface area contributed by atoms with Crippen LogP contribution in [0, 0.1) is 0 Å². The predicted molar refractivity (Wildman–Crippen MR) is 79.1 cm³/mol. The number of nitrogen functional groups attached to an aromatic ring is 1. The second-order valence-corrected chi connectivity index (χ2v) is 4.67. The molecule has 1 aromatic carbocycles. The predicted octanol–water partition coefficient (Wildman–Crippen LogP) is 1.94. The summed E-state index contributed by atoms with van der Waals surface area (Å²) in [6, 6.07) is 7.66. The fourth-order valence-electron chi connectivity index (χ4n) is 2.31. The highest BCUT2D eigenvalue weighted by Crippen LogP contribution is 2.18. The summed E-state index contributed by atoms with van der Waals surface area (Å²) >= 11 is 0. The lowest BCUT2D eigenvalue weighted by Crippen LogP contribution is -2.08. The van der Waals surface area contributed by atoms with Gasteiger partial charge in [0.15, 0.2) is 5.65 Å². The minimum absolute atomic E-state index is 0.336. The molecule has 0 unspecified atom stereocenters. The van der Waals surface area contributed by atoms with Gasteiger partial charge in [0, 0.05) is 18.1 Å². The van der Waals surface area contributed by atoms with Crippen LogP contribution in [-0.4, -0.2) is 26.8 Å². The Morgan fingerprint density at radius 2 is 2.14 bits per heavy atom. The lowest BCUT2D eigenvalue weighted by Gasteiger charge is -2.08. The van der Waals surface area contributed by atoms with Gasteiger partial charge in [0.1, 0.15) is 5.56 Å². The summed E-state index contributed by atoms with van der Waals surface area (Å²) in [6.07, 6.45) is 5.20. The summed E-state index contributed by atoms with van der Waals surface area (Å²) in [4.78, 5) is 12.0. The van der Waals surface area contributed by atoms with Gasteiger partial charge in [-0.1, -0.05) is 18.2 Å². The molecule has 2 heterocycles. The molecule has 2 N–H and O–H groups in total. The summed E-state index contributed by atoms with van der Waals surface area (Å²) in [5, 5.41) is 4.17. The van der Waals surface area contributed by atoms with Crippen molar-refractivity contribution in [3.63, 3.8) is 0 Å². The maximum Gasteiger partial charge on any atom is 0.343 e. The zero-order valence-electron chi connectivity index (χ0n) is 11.7. The van der Waals surface area contributed by atoms with Gasteiger partial charge < -0.3 is 15.0 Å². The maximum absolute atomic E-state index is 12.0. The lowest BCUT2D eigenvalue weighted by atomic mass is 10.2. The topological polar surface area (TPSA) is 74.5 Å². The number of aromatic nitrogens is 3. The van der Waals surface area contributed by atoms with Gasteiger partial charge in [0.05, 0.1) is 19.3 Å². The molecule has 0 saturated carbocycles. The molecule has 0 saturated heterocycles. The molecule has 0 amide bonds. The fourth-order valence-corrected chi connectivity index (χ4v) is 2.31. The average molecular weight is 284 g/mol. The van der Waals surface area contributed by atoms with E-state index in [1.54, 1.807) is 17.6 Å². The highest BCUT2D eigenvalue weighted by molar-refractivity contribution is 5.95. The van der Waals surface area contributed by atoms with Crippen LogP contribution in [0.4, 0.5) is 5.69 Å². The number of carbonyl (C=O) groups is 1. The number of fused-ring (bicyclic) bond motifs is 1. The van der Waals surface area contributed by atoms with Crippen molar-refractivity contribution in [3.05, 3.63) is 54.0 Å². The van der Waals surface area contributed by atoms with Crippen molar-refractivity contribution < 1.29 is 9.53 Å². The van der Waals surface area contributed by atoms with Gasteiger partial charge in [0.25, 0.3) is 0 Å². The van der Waals surface area contributed by atoms with Gasteiger partial charge in [-0.05, 0) is 18.6 Å². The van der Waals surface area contributed by atoms with Gasteiger partial charge in [-0.15, -0.1) is 0 Å². The Morgan fingerprint density at radius 3 is 2.90 bits per heavy atom. The van der Waals surface area contributed by atoms with Crippen LogP contribution in [0.3, 0.4) is 0 Å². The molecule has 0 aliphatic heterocycles. The van der Waals surface area contributed by atoms with Gasteiger partial charge in [-0.3, -0.25) is 0 Å². The Labute approximate surface area is 121 Å². The molecule has 0 aliphatic carbocycles. The average Bonchev–Trinajstić information content (AvgIpc) is 3.04. The van der Waals surface area contributed by atoms with E-state index in [0.29, 0.717) is 24.4 Å². The van der Waals surface area contributed by atoms with Crippen molar-refractivity contribution in [3.8, 4) is 0 Å². The van der Waals surface area contributed by atoms with Crippen molar-refractivity contribution in [1.82, 2.24) is 14.2 Å². The summed E-state index contributed by atoms with van der Waals surface area (Å²) in [6.45, 7) is 2.69. The number of ether oxygens (including phenoxy) is 1. The van der Waals surface area contributed by atoms with E-state index in [1.807, 2.05) is 35.0 Å². The molecule has 0 atom stereocenters. The molecule has 6 heteroatoms. The SMILES string of the molecule is CCOC(=O)c1cnn2ccn(Cc3ccccc3N)c12. The molecule has 0 aliphatic rings. The number of rotatable bonds is 4. The first kappa shape index (κ1) is 13.2. The molecule has 6 nitrogen and oxygen atoms in total. The minimum atomic E-state index is -0.367. The van der Waals surface area contributed by atoms with Crippen LogP contribution in [0.2, 0.25) is 0 Å². The molecule has 3 rings (SSSR count). The number of esters is 1. The molecule has 21 heavy (non-hydrogen) atoms. The van der Waals surface area contributed by atoms with Crippen molar-refractivity contribution in [2.45, 2.75) is 13.5 Å². The lowest BCUT2D eigenvalue weighted by molar-refractivity contribution is 0.0528. The Morgan fingerprint density at radius 1 is 1.33 bits per heavy atom. The third kappa shape index (κ3) is 2.35. The van der Waals surface area contributed by atoms with E-state index in [1.165, 1.54) is 6.20 Å². The van der Waals surface area contributed by atoms with Crippen LogP contribution >= 0.6 is 0 Å². The normalized spacial score (nSPS) is 10.9. The second kappa shape index (κ2) is 5.32. The Hall–Kier alpha value is -2.76. The van der Waals surface area contributed by atoms with Crippen LogP contribution in [0.1, 0.15) is 22.8 Å². The fraction of sp³-hybridized carbons (Fsp3) is 0.200. The number of nitrogens with two attached hydrogens (primary N) is 1. The Balaban J connectivity index is 2.01. The van der Waals surface area contributed by atoms with E-state index < -0.39 is 0 Å². The number of hydrogen-bond acceptors (Lipinski definition) is 4. The molecule has 0 bridgehead atoms. The van der Waals surface area contributed by atoms with Gasteiger partial charge in [0.2, 0.25) is 0 Å². The number of benzene rings is 1. The number of imidazole rings is 1. The summed E-state index contributed by atoms with van der Waals surface area (Å²) in [7, 11) is 0. The molecule has 0 radical (unpaired) electrons. The largest absolute Gasteiger partial charge is 0.462 e. The highest BCUT2D eigenvalue weighted by Gasteiger charge is 2.17. The van der Waals surface area contributed by atoms with E-state index in [4.69, 9.17) is 10.5 Å². The molecule has 0 spiro atoms. The smallest absolute Gasteiger partial charge is 0.343 e. The zero-order valence-corrected chi connectivity index (χ0v) is 11.7. The van der Waals surface area contributed by atoms with Crippen molar-refractivity contribution >= 4 is 17.3 Å². The first-order valence-corrected chi connectivity index (χ1v) is 6.73. The van der Waals surface area contributed by atoms with Crippen LogP contribution in [-0.2, 0) is 11.3 Å². The molecular formula is C15H16N4O2. The molecule has 2 aromatic heterocycles. The van der Waals surface area contributed by atoms with Crippen LogP contribution < -0.4 is 5.73 Å². The number of anilines is 1. The van der Waals surface area contributed by atoms with Gasteiger partial charge >= 0.3 is 5.97 Å². The number of para-hydroxylation sites is 1. The maximum atomic E-state index is 12.0. The summed E-state index contributed by atoms with van der Waals surface area (Å²) in [5.41, 5.74) is 8.85. The Bertz CT molecular complexity index is 788. The van der Waals surface area contributed by atoms with Crippen LogP contribution in [0.25, 0.3) is 5.65 Å². The minimum Gasteiger partial charge on any atom is -0.462 e. The van der Waals surface area contributed by atoms with Crippen molar-refractivity contribution in [2.24, 2.45) is 0 Å². The summed E-state index contributed by atoms with van der Waals surface area (Å²) < 4.78 is 8.66. The number of nitrogens with zero attached hydrogens (tertiary/aromatic N) is 3. The Kier molecular flexibility index (Phi) is 3.35. The quantitative estimate of drug-likeness (QED) is 0.587. The molecule has 108 valence electrons.